The Morgan fingerprint density at radius 2 is 1.84 bits per heavy atom. The zero-order valence-corrected chi connectivity index (χ0v) is 18.0. The van der Waals surface area contributed by atoms with E-state index in [-0.39, 0.29) is 11.1 Å². The molecule has 0 aliphatic carbocycles. The molecule has 1 aliphatic heterocycles. The second-order valence-corrected chi connectivity index (χ2v) is 8.54. The average molecular weight is 430 g/mol. The van der Waals surface area contributed by atoms with Gasteiger partial charge < -0.3 is 14.6 Å². The van der Waals surface area contributed by atoms with Crippen LogP contribution in [0.4, 0.5) is 0 Å². The summed E-state index contributed by atoms with van der Waals surface area (Å²) in [5, 5.41) is 3.30. The summed E-state index contributed by atoms with van der Waals surface area (Å²) in [6.45, 7) is 3.22. The number of aromatic amines is 1. The summed E-state index contributed by atoms with van der Waals surface area (Å²) in [5.41, 5.74) is 4.26. The van der Waals surface area contributed by atoms with Crippen molar-refractivity contribution < 1.29 is 4.74 Å². The zero-order valence-electron chi connectivity index (χ0n) is 17.2. The second kappa shape index (κ2) is 8.40. The lowest BCUT2D eigenvalue weighted by Crippen LogP contribution is -2.32. The van der Waals surface area contributed by atoms with Crippen molar-refractivity contribution in [2.45, 2.75) is 25.6 Å². The molecule has 2 aromatic heterocycles. The van der Waals surface area contributed by atoms with Gasteiger partial charge in [0.25, 0.3) is 5.56 Å². The number of allylic oxidation sites excluding steroid dienone is 1. The molecule has 6 heteroatoms. The number of thioether (sulfide) groups is 1. The molecule has 0 saturated heterocycles. The largest absolute Gasteiger partial charge is 0.489 e. The van der Waals surface area contributed by atoms with Crippen LogP contribution in [-0.4, -0.2) is 14.5 Å². The Kier molecular flexibility index (Phi) is 5.30. The molecule has 5 rings (SSSR count). The molecule has 0 amide bonds. The normalized spacial score (nSPS) is 16.0. The fraction of sp³-hybridized carbons (Fsp3) is 0.160. The highest BCUT2D eigenvalue weighted by atomic mass is 32.2. The van der Waals surface area contributed by atoms with Gasteiger partial charge in [-0.05, 0) is 41.5 Å². The van der Waals surface area contributed by atoms with E-state index in [2.05, 4.69) is 40.4 Å². The molecule has 156 valence electrons. The van der Waals surface area contributed by atoms with Crippen LogP contribution in [0.2, 0.25) is 0 Å². The van der Waals surface area contributed by atoms with Crippen LogP contribution in [0.1, 0.15) is 23.7 Å². The molecule has 0 radical (unpaired) electrons. The maximum Gasteiger partial charge on any atom is 0.256 e. The van der Waals surface area contributed by atoms with Gasteiger partial charge in [-0.15, -0.1) is 0 Å². The van der Waals surface area contributed by atoms with E-state index in [4.69, 9.17) is 4.74 Å². The van der Waals surface area contributed by atoms with Crippen LogP contribution in [0.3, 0.4) is 0 Å². The first-order chi connectivity index (χ1) is 15.2. The van der Waals surface area contributed by atoms with E-state index in [0.717, 1.165) is 22.5 Å². The predicted molar refractivity (Wildman–Crippen MR) is 126 cm³/mol. The van der Waals surface area contributed by atoms with Gasteiger partial charge in [0.1, 0.15) is 12.4 Å². The lowest BCUT2D eigenvalue weighted by atomic mass is 10.2. The number of para-hydroxylation sites is 1. The van der Waals surface area contributed by atoms with Crippen LogP contribution in [0.15, 0.2) is 94.9 Å². The molecule has 3 heterocycles. The van der Waals surface area contributed by atoms with Crippen LogP contribution in [0, 0.1) is 0 Å². The highest BCUT2D eigenvalue weighted by molar-refractivity contribution is 8.02. The van der Waals surface area contributed by atoms with E-state index in [1.54, 1.807) is 22.4 Å². The van der Waals surface area contributed by atoms with Gasteiger partial charge in [-0.25, -0.2) is 0 Å². The van der Waals surface area contributed by atoms with Crippen LogP contribution >= 0.6 is 11.8 Å². The maximum absolute atomic E-state index is 12.9. The lowest BCUT2D eigenvalue weighted by Gasteiger charge is -2.28. The fourth-order valence-corrected chi connectivity index (χ4v) is 4.93. The Morgan fingerprint density at radius 1 is 1.03 bits per heavy atom. The molecule has 0 saturated carbocycles. The van der Waals surface area contributed by atoms with Gasteiger partial charge in [0.15, 0.2) is 5.50 Å². The molecule has 2 aromatic carbocycles. The number of nitrogens with zero attached hydrogens (tertiary/aromatic N) is 2. The van der Waals surface area contributed by atoms with E-state index in [1.807, 2.05) is 54.7 Å². The third-order valence-corrected chi connectivity index (χ3v) is 6.61. The summed E-state index contributed by atoms with van der Waals surface area (Å²) in [5.74, 6) is 0.583. The molecule has 0 spiro atoms. The summed E-state index contributed by atoms with van der Waals surface area (Å²) >= 11 is 1.64. The smallest absolute Gasteiger partial charge is 0.256 e. The molecule has 1 unspecified atom stereocenters. The molecule has 1 aliphatic rings. The average Bonchev–Trinajstić information content (AvgIpc) is 3.36. The van der Waals surface area contributed by atoms with Gasteiger partial charge in [-0.2, -0.15) is 0 Å². The van der Waals surface area contributed by atoms with Crippen LogP contribution in [-0.2, 0) is 13.2 Å². The van der Waals surface area contributed by atoms with Gasteiger partial charge in [-0.3, -0.25) is 9.36 Å². The molecule has 4 aromatic rings. The third-order valence-electron chi connectivity index (χ3n) is 5.41. The quantitative estimate of drug-likeness (QED) is 0.441. The minimum Gasteiger partial charge on any atom is -0.489 e. The molecule has 5 nitrogen and oxygen atoms in total. The summed E-state index contributed by atoms with van der Waals surface area (Å²) in [6, 6.07) is 23.8. The monoisotopic (exact) mass is 429 g/mol. The van der Waals surface area contributed by atoms with E-state index in [9.17, 15) is 4.79 Å². The van der Waals surface area contributed by atoms with Crippen molar-refractivity contribution in [3.63, 3.8) is 0 Å². The van der Waals surface area contributed by atoms with Crippen LogP contribution < -0.4 is 10.3 Å². The van der Waals surface area contributed by atoms with Gasteiger partial charge in [-0.1, -0.05) is 60.3 Å². The van der Waals surface area contributed by atoms with E-state index >= 15 is 0 Å². The number of ether oxygens (including phenoxy) is 1. The Balaban J connectivity index is 1.34. The highest BCUT2D eigenvalue weighted by Crippen LogP contribution is 2.39. The number of rotatable bonds is 6. The van der Waals surface area contributed by atoms with Crippen molar-refractivity contribution in [3.05, 3.63) is 112 Å². The third kappa shape index (κ3) is 4.11. The number of hydrogen-bond donors (Lipinski definition) is 1. The van der Waals surface area contributed by atoms with Gasteiger partial charge in [0.2, 0.25) is 0 Å². The van der Waals surface area contributed by atoms with Gasteiger partial charge in [0.05, 0.1) is 6.54 Å². The molecular formula is C25H23N3O2S. The molecule has 1 atom stereocenters. The first-order valence-electron chi connectivity index (χ1n) is 10.2. The first-order valence-corrected chi connectivity index (χ1v) is 11.2. The van der Waals surface area contributed by atoms with Crippen molar-refractivity contribution in [1.82, 2.24) is 14.5 Å². The lowest BCUT2D eigenvalue weighted by molar-refractivity contribution is 0.260. The van der Waals surface area contributed by atoms with Crippen molar-refractivity contribution >= 4 is 22.7 Å². The number of hydrogen-bond acceptors (Lipinski definition) is 4. The van der Waals surface area contributed by atoms with Crippen molar-refractivity contribution in [2.24, 2.45) is 0 Å². The van der Waals surface area contributed by atoms with Gasteiger partial charge >= 0.3 is 0 Å². The molecule has 0 fully saturated rings. The molecule has 1 N–H and O–H groups in total. The SMILES string of the molecule is CC1=CSC(n2ccc(OCc3ccccc3)cc2=O)N1Cc1cc2ccccc2[nH]1. The summed E-state index contributed by atoms with van der Waals surface area (Å²) in [7, 11) is 0. The Labute approximate surface area is 185 Å². The predicted octanol–water partition coefficient (Wildman–Crippen LogP) is 5.48. The molecule has 0 bridgehead atoms. The zero-order chi connectivity index (χ0) is 21.2. The minimum atomic E-state index is -0.123. The van der Waals surface area contributed by atoms with Crippen LogP contribution in [0.5, 0.6) is 5.75 Å². The molecular weight excluding hydrogens is 406 g/mol. The number of fused-ring (bicyclic) bond motifs is 1. The standard InChI is InChI=1S/C25H23N3O2S/c1-18-17-31-25(28(18)15-21-13-20-9-5-6-10-23(20)26-21)27-12-11-22(14-24(27)29)30-16-19-7-3-2-4-8-19/h2-14,17,25-26H,15-16H2,1H3. The van der Waals surface area contributed by atoms with E-state index in [1.165, 1.54) is 5.39 Å². The number of aromatic nitrogens is 2. The van der Waals surface area contributed by atoms with Crippen molar-refractivity contribution in [1.29, 1.82) is 0 Å². The summed E-state index contributed by atoms with van der Waals surface area (Å²) < 4.78 is 7.58. The Morgan fingerprint density at radius 3 is 2.65 bits per heavy atom. The van der Waals surface area contributed by atoms with E-state index < -0.39 is 0 Å². The van der Waals surface area contributed by atoms with Gasteiger partial charge in [0, 0.05) is 29.2 Å². The highest BCUT2D eigenvalue weighted by Gasteiger charge is 2.27. The van der Waals surface area contributed by atoms with Crippen molar-refractivity contribution in [3.8, 4) is 5.75 Å². The number of nitrogens with one attached hydrogen (secondary N) is 1. The first kappa shape index (κ1) is 19.6. The number of pyridine rings is 1. The van der Waals surface area contributed by atoms with Crippen LogP contribution in [0.25, 0.3) is 10.9 Å². The topological polar surface area (TPSA) is 50.3 Å². The summed E-state index contributed by atoms with van der Waals surface area (Å²) in [4.78, 5) is 18.6. The summed E-state index contributed by atoms with van der Waals surface area (Å²) in [6.07, 6.45) is 1.82. The number of benzene rings is 2. The fourth-order valence-electron chi connectivity index (χ4n) is 3.78. The maximum atomic E-state index is 12.9. The van der Waals surface area contributed by atoms with Crippen molar-refractivity contribution in [2.75, 3.05) is 0 Å². The van der Waals surface area contributed by atoms with E-state index in [0.29, 0.717) is 18.9 Å². The Hall–Kier alpha value is -3.38. The minimum absolute atomic E-state index is 0.0761. The number of H-pyrrole nitrogens is 1. The molecule has 31 heavy (non-hydrogen) atoms. The second-order valence-electron chi connectivity index (χ2n) is 7.61. The Bertz CT molecular complexity index is 1260.